The van der Waals surface area contributed by atoms with Gasteiger partial charge < -0.3 is 10.4 Å². The SMILES string of the molecule is CCn1nc(C)c(C(C)NC(CO)c2ccccc2)c1C. The fraction of sp³-hybridized carbons (Fsp3) is 0.471. The highest BCUT2D eigenvalue weighted by Gasteiger charge is 2.20. The maximum Gasteiger partial charge on any atom is 0.0644 e. The molecule has 4 nitrogen and oxygen atoms in total. The van der Waals surface area contributed by atoms with Crippen LogP contribution in [0.15, 0.2) is 30.3 Å². The summed E-state index contributed by atoms with van der Waals surface area (Å²) in [5.74, 6) is 0. The molecule has 0 aliphatic carbocycles. The van der Waals surface area contributed by atoms with Crippen LogP contribution < -0.4 is 5.32 Å². The number of aromatic nitrogens is 2. The lowest BCUT2D eigenvalue weighted by atomic mass is 10.0. The van der Waals surface area contributed by atoms with Crippen molar-refractivity contribution >= 4 is 0 Å². The van der Waals surface area contributed by atoms with Crippen molar-refractivity contribution in [2.45, 2.75) is 46.3 Å². The molecule has 2 aromatic rings. The quantitative estimate of drug-likeness (QED) is 0.859. The largest absolute Gasteiger partial charge is 0.394 e. The van der Waals surface area contributed by atoms with Gasteiger partial charge in [0.05, 0.1) is 18.3 Å². The van der Waals surface area contributed by atoms with Crippen LogP contribution in [0.1, 0.15) is 48.4 Å². The summed E-state index contributed by atoms with van der Waals surface area (Å²) in [6.07, 6.45) is 0. The molecule has 0 spiro atoms. The first-order chi connectivity index (χ1) is 10.1. The molecular weight excluding hydrogens is 262 g/mol. The highest BCUT2D eigenvalue weighted by atomic mass is 16.3. The summed E-state index contributed by atoms with van der Waals surface area (Å²) in [6.45, 7) is 9.33. The normalized spacial score (nSPS) is 14.1. The van der Waals surface area contributed by atoms with Gasteiger partial charge in [-0.3, -0.25) is 4.68 Å². The first kappa shape index (κ1) is 15.7. The fourth-order valence-electron chi connectivity index (χ4n) is 2.97. The van der Waals surface area contributed by atoms with E-state index in [0.29, 0.717) is 0 Å². The zero-order valence-corrected chi connectivity index (χ0v) is 13.3. The average Bonchev–Trinajstić information content (AvgIpc) is 2.79. The smallest absolute Gasteiger partial charge is 0.0644 e. The van der Waals surface area contributed by atoms with E-state index >= 15 is 0 Å². The van der Waals surface area contributed by atoms with Crippen LogP contribution in [0.25, 0.3) is 0 Å². The number of nitrogens with zero attached hydrogens (tertiary/aromatic N) is 2. The minimum Gasteiger partial charge on any atom is -0.394 e. The van der Waals surface area contributed by atoms with E-state index in [0.717, 1.165) is 17.8 Å². The van der Waals surface area contributed by atoms with E-state index in [9.17, 15) is 5.11 Å². The first-order valence-corrected chi connectivity index (χ1v) is 7.54. The van der Waals surface area contributed by atoms with Gasteiger partial charge in [0.15, 0.2) is 0 Å². The van der Waals surface area contributed by atoms with Gasteiger partial charge in [-0.15, -0.1) is 0 Å². The molecule has 4 heteroatoms. The Bertz CT molecular complexity index is 577. The lowest BCUT2D eigenvalue weighted by Gasteiger charge is -2.22. The molecule has 0 fully saturated rings. The van der Waals surface area contributed by atoms with E-state index in [1.54, 1.807) is 0 Å². The number of aliphatic hydroxyl groups is 1. The van der Waals surface area contributed by atoms with Crippen molar-refractivity contribution in [2.75, 3.05) is 6.61 Å². The van der Waals surface area contributed by atoms with Crippen molar-refractivity contribution in [3.63, 3.8) is 0 Å². The molecule has 0 bridgehead atoms. The molecule has 0 amide bonds. The summed E-state index contributed by atoms with van der Waals surface area (Å²) >= 11 is 0. The Balaban J connectivity index is 2.20. The summed E-state index contributed by atoms with van der Waals surface area (Å²) in [6, 6.07) is 10.1. The average molecular weight is 287 g/mol. The van der Waals surface area contributed by atoms with Gasteiger partial charge in [0, 0.05) is 23.8 Å². The Morgan fingerprint density at radius 1 is 1.24 bits per heavy atom. The van der Waals surface area contributed by atoms with Crippen molar-refractivity contribution < 1.29 is 5.11 Å². The summed E-state index contributed by atoms with van der Waals surface area (Å²) in [5, 5.41) is 17.8. The van der Waals surface area contributed by atoms with Gasteiger partial charge in [-0.05, 0) is 33.3 Å². The zero-order valence-electron chi connectivity index (χ0n) is 13.3. The molecule has 0 aliphatic rings. The second kappa shape index (κ2) is 6.87. The zero-order chi connectivity index (χ0) is 15.4. The molecule has 2 atom stereocenters. The van der Waals surface area contributed by atoms with Crippen LogP contribution in [0.2, 0.25) is 0 Å². The van der Waals surface area contributed by atoms with Crippen molar-refractivity contribution in [1.29, 1.82) is 0 Å². The highest BCUT2D eigenvalue weighted by Crippen LogP contribution is 2.24. The monoisotopic (exact) mass is 287 g/mol. The van der Waals surface area contributed by atoms with E-state index in [-0.39, 0.29) is 18.7 Å². The molecule has 2 unspecified atom stereocenters. The number of hydrogen-bond acceptors (Lipinski definition) is 3. The van der Waals surface area contributed by atoms with Gasteiger partial charge in [0.2, 0.25) is 0 Å². The van der Waals surface area contributed by atoms with E-state index in [1.165, 1.54) is 11.3 Å². The third kappa shape index (κ3) is 3.34. The fourth-order valence-corrected chi connectivity index (χ4v) is 2.97. The molecule has 1 heterocycles. The summed E-state index contributed by atoms with van der Waals surface area (Å²) in [5.41, 5.74) is 4.58. The first-order valence-electron chi connectivity index (χ1n) is 7.54. The number of hydrogen-bond donors (Lipinski definition) is 2. The molecule has 1 aromatic carbocycles. The van der Waals surface area contributed by atoms with Crippen LogP contribution in [0.3, 0.4) is 0 Å². The Labute approximate surface area is 126 Å². The highest BCUT2D eigenvalue weighted by molar-refractivity contribution is 5.29. The van der Waals surface area contributed by atoms with E-state index in [2.05, 4.69) is 31.2 Å². The van der Waals surface area contributed by atoms with Gasteiger partial charge in [-0.1, -0.05) is 30.3 Å². The molecule has 0 aliphatic heterocycles. The van der Waals surface area contributed by atoms with Crippen LogP contribution >= 0.6 is 0 Å². The molecule has 2 N–H and O–H groups in total. The van der Waals surface area contributed by atoms with E-state index in [1.807, 2.05) is 41.9 Å². The summed E-state index contributed by atoms with van der Waals surface area (Å²) in [4.78, 5) is 0. The minimum atomic E-state index is -0.0648. The second-order valence-corrected chi connectivity index (χ2v) is 5.43. The number of benzene rings is 1. The van der Waals surface area contributed by atoms with Crippen LogP contribution in [0.5, 0.6) is 0 Å². The van der Waals surface area contributed by atoms with Crippen LogP contribution in [0.4, 0.5) is 0 Å². The molecule has 114 valence electrons. The Morgan fingerprint density at radius 2 is 1.90 bits per heavy atom. The summed E-state index contributed by atoms with van der Waals surface area (Å²) in [7, 11) is 0. The van der Waals surface area contributed by atoms with Gasteiger partial charge in [0.1, 0.15) is 0 Å². The maximum atomic E-state index is 9.68. The summed E-state index contributed by atoms with van der Waals surface area (Å²) < 4.78 is 2.03. The van der Waals surface area contributed by atoms with Crippen LogP contribution in [0, 0.1) is 13.8 Å². The molecule has 0 saturated heterocycles. The van der Waals surface area contributed by atoms with E-state index in [4.69, 9.17) is 0 Å². The Morgan fingerprint density at radius 3 is 2.43 bits per heavy atom. The lowest BCUT2D eigenvalue weighted by molar-refractivity contribution is 0.235. The predicted octanol–water partition coefficient (Wildman–Crippen LogP) is 2.90. The molecule has 2 rings (SSSR count). The third-order valence-electron chi connectivity index (χ3n) is 4.01. The van der Waals surface area contributed by atoms with E-state index < -0.39 is 0 Å². The van der Waals surface area contributed by atoms with Gasteiger partial charge in [0.25, 0.3) is 0 Å². The molecule has 21 heavy (non-hydrogen) atoms. The topological polar surface area (TPSA) is 50.1 Å². The minimum absolute atomic E-state index is 0.0648. The van der Waals surface area contributed by atoms with Gasteiger partial charge in [-0.25, -0.2) is 0 Å². The van der Waals surface area contributed by atoms with Crippen molar-refractivity contribution in [3.05, 3.63) is 52.8 Å². The number of aliphatic hydroxyl groups excluding tert-OH is 1. The van der Waals surface area contributed by atoms with Crippen LogP contribution in [-0.4, -0.2) is 21.5 Å². The lowest BCUT2D eigenvalue weighted by Crippen LogP contribution is -2.28. The van der Waals surface area contributed by atoms with Gasteiger partial charge >= 0.3 is 0 Å². The number of aryl methyl sites for hydroxylation is 2. The molecular formula is C17H25N3O. The van der Waals surface area contributed by atoms with Crippen LogP contribution in [-0.2, 0) is 6.54 Å². The standard InChI is InChI=1S/C17H25N3O/c1-5-20-14(4)17(13(3)19-20)12(2)18-16(11-21)15-9-7-6-8-10-15/h6-10,12,16,18,21H,5,11H2,1-4H3. The molecule has 0 radical (unpaired) electrons. The number of rotatable bonds is 6. The number of nitrogens with one attached hydrogen (secondary N) is 1. The third-order valence-corrected chi connectivity index (χ3v) is 4.01. The predicted molar refractivity (Wildman–Crippen MR) is 85.2 cm³/mol. The Kier molecular flexibility index (Phi) is 5.15. The van der Waals surface area contributed by atoms with Crippen molar-refractivity contribution in [1.82, 2.24) is 15.1 Å². The van der Waals surface area contributed by atoms with Gasteiger partial charge in [-0.2, -0.15) is 5.10 Å². The maximum absolute atomic E-state index is 9.68. The van der Waals surface area contributed by atoms with Crippen molar-refractivity contribution in [3.8, 4) is 0 Å². The van der Waals surface area contributed by atoms with Crippen molar-refractivity contribution in [2.24, 2.45) is 0 Å². The second-order valence-electron chi connectivity index (χ2n) is 5.43. The molecule has 1 aromatic heterocycles. The Hall–Kier alpha value is -1.65. The molecule has 0 saturated carbocycles.